The van der Waals surface area contributed by atoms with Gasteiger partial charge in [-0.05, 0) is 36.4 Å². The van der Waals surface area contributed by atoms with Gasteiger partial charge < -0.3 is 14.5 Å². The van der Waals surface area contributed by atoms with Crippen molar-refractivity contribution in [2.45, 2.75) is 9.92 Å². The fraction of sp³-hybridized carbons (Fsp3) is 0.174. The third-order valence-electron chi connectivity index (χ3n) is 4.86. The minimum Gasteiger partial charge on any atom is -0.495 e. The number of methoxy groups -OCH3 is 1. The van der Waals surface area contributed by atoms with Gasteiger partial charge in [0.2, 0.25) is 15.9 Å². The van der Waals surface area contributed by atoms with E-state index in [4.69, 9.17) is 9.15 Å². The summed E-state index contributed by atoms with van der Waals surface area (Å²) in [5.41, 5.74) is 1.08. The number of furan rings is 1. The third-order valence-corrected chi connectivity index (χ3v) is 7.68. The molecule has 0 saturated carbocycles. The van der Waals surface area contributed by atoms with Crippen LogP contribution in [0.4, 0.5) is 5.69 Å². The Morgan fingerprint density at radius 3 is 2.62 bits per heavy atom. The van der Waals surface area contributed by atoms with Crippen LogP contribution in [0.15, 0.2) is 75.2 Å². The molecular formula is C23H22N4O5S2. The first-order chi connectivity index (χ1) is 16.3. The largest absolute Gasteiger partial charge is 0.495 e. The summed E-state index contributed by atoms with van der Waals surface area (Å²) in [5, 5.41) is 4.20. The number of hydrogen-bond donors (Lipinski definition) is 1. The number of carbonyl (C=O) groups excluding carboxylic acids is 1. The van der Waals surface area contributed by atoms with Crippen LogP contribution in [-0.2, 0) is 14.8 Å². The maximum Gasteiger partial charge on any atom is 0.246 e. The van der Waals surface area contributed by atoms with Crippen molar-refractivity contribution in [1.82, 2.24) is 14.3 Å². The SMILES string of the molecule is COc1ccc(NC(=O)CSc2nc(-c3ccco3)nc3ccccc23)cc1S(=O)(=O)N(C)C. The topological polar surface area (TPSA) is 115 Å². The number of ether oxygens (including phenoxy) is 1. The van der Waals surface area contributed by atoms with E-state index >= 15 is 0 Å². The molecule has 11 heteroatoms. The average Bonchev–Trinajstić information content (AvgIpc) is 3.37. The monoisotopic (exact) mass is 498 g/mol. The van der Waals surface area contributed by atoms with Crippen molar-refractivity contribution < 1.29 is 22.4 Å². The van der Waals surface area contributed by atoms with Crippen molar-refractivity contribution in [3.8, 4) is 17.3 Å². The standard InChI is InChI=1S/C23H22N4O5S2/c1-27(2)34(29,30)20-13-15(10-11-18(20)31-3)24-21(28)14-33-23-16-7-4-5-8-17(16)25-22(26-23)19-9-6-12-32-19/h4-13H,14H2,1-3H3,(H,24,28). The lowest BCUT2D eigenvalue weighted by molar-refractivity contribution is -0.113. The van der Waals surface area contributed by atoms with Crippen LogP contribution in [0.3, 0.4) is 0 Å². The first-order valence-electron chi connectivity index (χ1n) is 10.1. The summed E-state index contributed by atoms with van der Waals surface area (Å²) in [5.74, 6) is 0.898. The molecule has 2 heterocycles. The Balaban J connectivity index is 1.55. The molecule has 0 aliphatic carbocycles. The number of carbonyl (C=O) groups is 1. The van der Waals surface area contributed by atoms with E-state index in [0.29, 0.717) is 22.3 Å². The average molecular weight is 499 g/mol. The summed E-state index contributed by atoms with van der Waals surface area (Å²) >= 11 is 1.26. The Hall–Kier alpha value is -3.41. The second-order valence-corrected chi connectivity index (χ2v) is 10.4. The van der Waals surface area contributed by atoms with E-state index in [2.05, 4.69) is 15.3 Å². The Morgan fingerprint density at radius 1 is 1.12 bits per heavy atom. The molecule has 2 aromatic heterocycles. The molecule has 0 fully saturated rings. The Bertz CT molecular complexity index is 1440. The molecule has 4 rings (SSSR count). The minimum absolute atomic E-state index is 0.0321. The van der Waals surface area contributed by atoms with Crippen molar-refractivity contribution in [3.63, 3.8) is 0 Å². The third kappa shape index (κ3) is 4.91. The predicted molar refractivity (Wildman–Crippen MR) is 130 cm³/mol. The summed E-state index contributed by atoms with van der Waals surface area (Å²) < 4.78 is 36.9. The van der Waals surface area contributed by atoms with Gasteiger partial charge in [0.25, 0.3) is 0 Å². The number of nitrogens with one attached hydrogen (secondary N) is 1. The molecule has 0 aliphatic rings. The van der Waals surface area contributed by atoms with Gasteiger partial charge in [-0.2, -0.15) is 0 Å². The van der Waals surface area contributed by atoms with Crippen molar-refractivity contribution in [2.24, 2.45) is 0 Å². The molecule has 1 N–H and O–H groups in total. The fourth-order valence-electron chi connectivity index (χ4n) is 3.16. The molecule has 0 aliphatic heterocycles. The van der Waals surface area contributed by atoms with Crippen LogP contribution in [0.2, 0.25) is 0 Å². The van der Waals surface area contributed by atoms with Crippen molar-refractivity contribution in [3.05, 3.63) is 60.9 Å². The van der Waals surface area contributed by atoms with Crippen LogP contribution in [0.25, 0.3) is 22.5 Å². The molecule has 176 valence electrons. The molecule has 2 aromatic carbocycles. The predicted octanol–water partition coefficient (Wildman–Crippen LogP) is 3.88. The van der Waals surface area contributed by atoms with Gasteiger partial charge in [0.1, 0.15) is 15.7 Å². The Labute approximate surface area is 201 Å². The van der Waals surface area contributed by atoms with Crippen molar-refractivity contribution >= 4 is 44.3 Å². The molecule has 1 amide bonds. The molecule has 4 aromatic rings. The second-order valence-electron chi connectivity index (χ2n) is 7.34. The summed E-state index contributed by atoms with van der Waals surface area (Å²) in [6.07, 6.45) is 1.55. The van der Waals surface area contributed by atoms with Gasteiger partial charge in [-0.25, -0.2) is 22.7 Å². The van der Waals surface area contributed by atoms with Gasteiger partial charge in [-0.1, -0.05) is 30.0 Å². The zero-order valence-corrected chi connectivity index (χ0v) is 20.3. The zero-order chi connectivity index (χ0) is 24.3. The highest BCUT2D eigenvalue weighted by molar-refractivity contribution is 8.00. The molecule has 34 heavy (non-hydrogen) atoms. The van der Waals surface area contributed by atoms with Crippen LogP contribution in [0, 0.1) is 0 Å². The van der Waals surface area contributed by atoms with Crippen molar-refractivity contribution in [2.75, 3.05) is 32.3 Å². The van der Waals surface area contributed by atoms with Gasteiger partial charge >= 0.3 is 0 Å². The smallest absolute Gasteiger partial charge is 0.246 e. The lowest BCUT2D eigenvalue weighted by atomic mass is 10.2. The second kappa shape index (κ2) is 9.84. The molecule has 0 saturated heterocycles. The van der Waals surface area contributed by atoms with Crippen LogP contribution < -0.4 is 10.1 Å². The number of anilines is 1. The first-order valence-corrected chi connectivity index (χ1v) is 12.6. The van der Waals surface area contributed by atoms with Gasteiger partial charge in [-0.3, -0.25) is 4.79 Å². The lowest BCUT2D eigenvalue weighted by Crippen LogP contribution is -2.23. The van der Waals surface area contributed by atoms with E-state index in [1.165, 1.54) is 45.1 Å². The molecule has 0 spiro atoms. The van der Waals surface area contributed by atoms with E-state index in [1.54, 1.807) is 24.5 Å². The van der Waals surface area contributed by atoms with Crippen LogP contribution in [0.1, 0.15) is 0 Å². The highest BCUT2D eigenvalue weighted by atomic mass is 32.2. The maximum atomic E-state index is 12.7. The summed E-state index contributed by atoms with van der Waals surface area (Å²) in [6.45, 7) is 0. The Kier molecular flexibility index (Phi) is 6.87. The fourth-order valence-corrected chi connectivity index (χ4v) is 5.05. The molecular weight excluding hydrogens is 476 g/mol. The zero-order valence-electron chi connectivity index (χ0n) is 18.7. The molecule has 0 radical (unpaired) electrons. The number of benzene rings is 2. The number of sulfonamides is 1. The van der Waals surface area contributed by atoms with Gasteiger partial charge in [0.15, 0.2) is 11.6 Å². The summed E-state index contributed by atoms with van der Waals surface area (Å²) in [4.78, 5) is 21.8. The molecule has 0 bridgehead atoms. The minimum atomic E-state index is -3.76. The number of amides is 1. The maximum absolute atomic E-state index is 12.7. The van der Waals surface area contributed by atoms with Gasteiger partial charge in [0, 0.05) is 25.2 Å². The number of fused-ring (bicyclic) bond motifs is 1. The number of hydrogen-bond acceptors (Lipinski definition) is 8. The van der Waals surface area contributed by atoms with Crippen molar-refractivity contribution in [1.29, 1.82) is 0 Å². The first kappa shape index (κ1) is 23.7. The molecule has 0 atom stereocenters. The number of aromatic nitrogens is 2. The van der Waals surface area contributed by atoms with Gasteiger partial charge in [-0.15, -0.1) is 0 Å². The normalized spacial score (nSPS) is 11.6. The summed E-state index contributed by atoms with van der Waals surface area (Å²) in [7, 11) is 0.493. The van der Waals surface area contributed by atoms with E-state index in [0.717, 1.165) is 15.2 Å². The van der Waals surface area contributed by atoms with E-state index < -0.39 is 10.0 Å². The number of para-hydroxylation sites is 1. The highest BCUT2D eigenvalue weighted by Gasteiger charge is 2.23. The lowest BCUT2D eigenvalue weighted by Gasteiger charge is -2.16. The quantitative estimate of drug-likeness (QED) is 0.288. The molecule has 0 unspecified atom stereocenters. The Morgan fingerprint density at radius 2 is 1.91 bits per heavy atom. The summed E-state index contributed by atoms with van der Waals surface area (Å²) in [6, 6.07) is 15.5. The van der Waals surface area contributed by atoms with Crippen LogP contribution in [0.5, 0.6) is 5.75 Å². The number of nitrogens with zero attached hydrogens (tertiary/aromatic N) is 3. The molecule has 9 nitrogen and oxygen atoms in total. The van der Waals surface area contributed by atoms with Crippen LogP contribution >= 0.6 is 11.8 Å². The number of thioether (sulfide) groups is 1. The highest BCUT2D eigenvalue weighted by Crippen LogP contribution is 2.30. The van der Waals surface area contributed by atoms with E-state index in [-0.39, 0.29) is 22.3 Å². The van der Waals surface area contributed by atoms with Gasteiger partial charge in [0.05, 0.1) is 24.6 Å². The number of rotatable bonds is 8. The van der Waals surface area contributed by atoms with E-state index in [1.807, 2.05) is 24.3 Å². The van der Waals surface area contributed by atoms with E-state index in [9.17, 15) is 13.2 Å². The van der Waals surface area contributed by atoms with Crippen LogP contribution in [-0.4, -0.2) is 55.6 Å².